The molecule has 10 heteroatoms. The Kier molecular flexibility index (Phi) is 6.88. The maximum absolute atomic E-state index is 12.7. The zero-order chi connectivity index (χ0) is 22.8. The molecule has 2 N–H and O–H groups in total. The monoisotopic (exact) mass is 450 g/mol. The molecule has 2 aromatic rings. The first-order chi connectivity index (χ1) is 14.5. The SMILES string of the molecule is CC1CN(Cc2cccc(OCC(C)(C)O)c2Cl)CCN1C(=O)n1ccc(C(=O)O)n1. The highest BCUT2D eigenvalue weighted by Crippen LogP contribution is 2.30. The van der Waals surface area contributed by atoms with Gasteiger partial charge >= 0.3 is 12.0 Å². The Balaban J connectivity index is 1.62. The summed E-state index contributed by atoms with van der Waals surface area (Å²) in [7, 11) is 0. The number of carboxylic acids is 1. The molecule has 1 amide bonds. The summed E-state index contributed by atoms with van der Waals surface area (Å²) in [6.07, 6.45) is 1.36. The highest BCUT2D eigenvalue weighted by atomic mass is 35.5. The summed E-state index contributed by atoms with van der Waals surface area (Å²) in [5.41, 5.74) is -0.224. The molecule has 1 aromatic heterocycles. The van der Waals surface area contributed by atoms with Crippen molar-refractivity contribution >= 4 is 23.6 Å². The normalized spacial score (nSPS) is 17.6. The van der Waals surface area contributed by atoms with Crippen molar-refractivity contribution in [3.8, 4) is 5.75 Å². The molecule has 1 saturated heterocycles. The summed E-state index contributed by atoms with van der Waals surface area (Å²) >= 11 is 6.52. The molecule has 1 aliphatic heterocycles. The predicted octanol–water partition coefficient (Wildman–Crippen LogP) is 2.56. The summed E-state index contributed by atoms with van der Waals surface area (Å²) in [6.45, 7) is 7.74. The van der Waals surface area contributed by atoms with Gasteiger partial charge in [-0.3, -0.25) is 4.90 Å². The van der Waals surface area contributed by atoms with Crippen molar-refractivity contribution in [2.75, 3.05) is 26.2 Å². The Morgan fingerprint density at radius 3 is 2.65 bits per heavy atom. The third kappa shape index (κ3) is 5.75. The molecule has 0 radical (unpaired) electrons. The molecule has 3 rings (SSSR count). The number of rotatable bonds is 6. The number of aromatic nitrogens is 2. The second-order valence-electron chi connectivity index (χ2n) is 8.34. The molecule has 1 atom stereocenters. The standard InChI is InChI=1S/C21H27ClN4O5/c1-14-11-24(9-10-25(14)20(29)26-8-7-16(23-26)19(27)28)12-15-5-4-6-17(18(15)22)31-13-21(2,3)30/h4-8,14,30H,9-13H2,1-3H3,(H,27,28). The molecule has 0 bridgehead atoms. The number of piperazine rings is 1. The van der Waals surface area contributed by atoms with E-state index in [-0.39, 0.29) is 24.4 Å². The molecule has 1 aromatic carbocycles. The number of hydrogen-bond acceptors (Lipinski definition) is 6. The van der Waals surface area contributed by atoms with Crippen LogP contribution in [0.1, 0.15) is 36.8 Å². The number of aliphatic hydroxyl groups is 1. The average Bonchev–Trinajstić information content (AvgIpc) is 3.18. The summed E-state index contributed by atoms with van der Waals surface area (Å²) in [5.74, 6) is -0.647. The smallest absolute Gasteiger partial charge is 0.356 e. The molecule has 1 unspecified atom stereocenters. The van der Waals surface area contributed by atoms with Gasteiger partial charge in [0.1, 0.15) is 12.4 Å². The number of carboxylic acid groups (broad SMARTS) is 1. The molecular formula is C21H27ClN4O5. The lowest BCUT2D eigenvalue weighted by Crippen LogP contribution is -2.54. The lowest BCUT2D eigenvalue weighted by molar-refractivity contribution is 0.0284. The van der Waals surface area contributed by atoms with Crippen molar-refractivity contribution in [3.63, 3.8) is 0 Å². The second-order valence-corrected chi connectivity index (χ2v) is 8.72. The van der Waals surface area contributed by atoms with Gasteiger partial charge < -0.3 is 19.8 Å². The molecule has 0 aliphatic carbocycles. The predicted molar refractivity (Wildman–Crippen MR) is 115 cm³/mol. The average molecular weight is 451 g/mol. The summed E-state index contributed by atoms with van der Waals surface area (Å²) in [6, 6.07) is 6.43. The summed E-state index contributed by atoms with van der Waals surface area (Å²) in [5, 5.41) is 23.2. The largest absolute Gasteiger partial charge is 0.489 e. The van der Waals surface area contributed by atoms with Crippen LogP contribution in [-0.4, -0.2) is 79.7 Å². The second kappa shape index (κ2) is 9.25. The van der Waals surface area contributed by atoms with Crippen molar-refractivity contribution in [1.82, 2.24) is 19.6 Å². The van der Waals surface area contributed by atoms with Crippen LogP contribution in [0.5, 0.6) is 5.75 Å². The van der Waals surface area contributed by atoms with Gasteiger partial charge in [-0.05, 0) is 38.5 Å². The highest BCUT2D eigenvalue weighted by molar-refractivity contribution is 6.32. The lowest BCUT2D eigenvalue weighted by atomic mass is 10.1. The van der Waals surface area contributed by atoms with Crippen LogP contribution in [0.3, 0.4) is 0 Å². The molecule has 168 valence electrons. The van der Waals surface area contributed by atoms with E-state index in [0.29, 0.717) is 37.0 Å². The number of ether oxygens (including phenoxy) is 1. The van der Waals surface area contributed by atoms with Crippen molar-refractivity contribution < 1.29 is 24.5 Å². The number of halogens is 1. The van der Waals surface area contributed by atoms with E-state index in [1.54, 1.807) is 24.8 Å². The third-order valence-electron chi connectivity index (χ3n) is 4.98. The van der Waals surface area contributed by atoms with Crippen LogP contribution in [0.4, 0.5) is 4.79 Å². The third-order valence-corrected chi connectivity index (χ3v) is 5.41. The zero-order valence-electron chi connectivity index (χ0n) is 17.8. The van der Waals surface area contributed by atoms with Crippen molar-refractivity contribution in [3.05, 3.63) is 46.7 Å². The first kappa shape index (κ1) is 23.1. The molecule has 1 fully saturated rings. The summed E-state index contributed by atoms with van der Waals surface area (Å²) in [4.78, 5) is 27.6. The Morgan fingerprint density at radius 1 is 1.29 bits per heavy atom. The van der Waals surface area contributed by atoms with E-state index >= 15 is 0 Å². The minimum absolute atomic E-state index is 0.0906. The Labute approximate surface area is 185 Å². The van der Waals surface area contributed by atoms with Crippen LogP contribution in [0, 0.1) is 0 Å². The fraction of sp³-hybridized carbons (Fsp3) is 0.476. The van der Waals surface area contributed by atoms with E-state index in [4.69, 9.17) is 21.4 Å². The summed E-state index contributed by atoms with van der Waals surface area (Å²) < 4.78 is 6.73. The van der Waals surface area contributed by atoms with E-state index in [1.165, 1.54) is 12.3 Å². The Morgan fingerprint density at radius 2 is 2.03 bits per heavy atom. The van der Waals surface area contributed by atoms with E-state index in [0.717, 1.165) is 10.2 Å². The molecule has 0 spiro atoms. The van der Waals surface area contributed by atoms with Gasteiger partial charge in [-0.2, -0.15) is 9.78 Å². The number of carbonyl (C=O) groups is 2. The number of hydrogen-bond donors (Lipinski definition) is 2. The molecule has 9 nitrogen and oxygen atoms in total. The number of nitrogens with zero attached hydrogens (tertiary/aromatic N) is 4. The van der Waals surface area contributed by atoms with E-state index in [1.807, 2.05) is 19.1 Å². The van der Waals surface area contributed by atoms with Gasteiger partial charge in [0.15, 0.2) is 5.69 Å². The van der Waals surface area contributed by atoms with Crippen LogP contribution in [0.15, 0.2) is 30.5 Å². The quantitative estimate of drug-likeness (QED) is 0.696. The molecular weight excluding hydrogens is 424 g/mol. The van der Waals surface area contributed by atoms with E-state index < -0.39 is 11.6 Å². The molecule has 31 heavy (non-hydrogen) atoms. The minimum atomic E-state index is -1.17. The first-order valence-electron chi connectivity index (χ1n) is 10.00. The van der Waals surface area contributed by atoms with Crippen LogP contribution < -0.4 is 4.74 Å². The molecule has 2 heterocycles. The van der Waals surface area contributed by atoms with Crippen LogP contribution in [0.25, 0.3) is 0 Å². The van der Waals surface area contributed by atoms with Crippen molar-refractivity contribution in [2.24, 2.45) is 0 Å². The van der Waals surface area contributed by atoms with Crippen LogP contribution >= 0.6 is 11.6 Å². The number of amides is 1. The van der Waals surface area contributed by atoms with E-state index in [9.17, 15) is 14.7 Å². The van der Waals surface area contributed by atoms with Gasteiger partial charge in [-0.25, -0.2) is 9.59 Å². The maximum atomic E-state index is 12.7. The molecule has 0 saturated carbocycles. The molecule has 1 aliphatic rings. The maximum Gasteiger partial charge on any atom is 0.356 e. The number of benzene rings is 1. The fourth-order valence-electron chi connectivity index (χ4n) is 3.42. The number of aromatic carboxylic acids is 1. The fourth-order valence-corrected chi connectivity index (χ4v) is 3.66. The van der Waals surface area contributed by atoms with Gasteiger partial charge in [-0.1, -0.05) is 23.7 Å². The Bertz CT molecular complexity index is 955. The highest BCUT2D eigenvalue weighted by Gasteiger charge is 2.29. The number of carbonyl (C=O) groups excluding carboxylic acids is 1. The minimum Gasteiger partial charge on any atom is -0.489 e. The van der Waals surface area contributed by atoms with Crippen LogP contribution in [0.2, 0.25) is 5.02 Å². The topological polar surface area (TPSA) is 108 Å². The van der Waals surface area contributed by atoms with Crippen LogP contribution in [-0.2, 0) is 6.54 Å². The Hall–Kier alpha value is -2.62. The van der Waals surface area contributed by atoms with Gasteiger partial charge in [0.2, 0.25) is 0 Å². The zero-order valence-corrected chi connectivity index (χ0v) is 18.5. The lowest BCUT2D eigenvalue weighted by Gasteiger charge is -2.39. The van der Waals surface area contributed by atoms with Gasteiger partial charge in [0.05, 0.1) is 10.6 Å². The van der Waals surface area contributed by atoms with Crippen molar-refractivity contribution in [2.45, 2.75) is 39.0 Å². The first-order valence-corrected chi connectivity index (χ1v) is 10.4. The van der Waals surface area contributed by atoms with E-state index in [2.05, 4.69) is 10.00 Å². The van der Waals surface area contributed by atoms with Crippen molar-refractivity contribution in [1.29, 1.82) is 0 Å². The van der Waals surface area contributed by atoms with Gasteiger partial charge in [-0.15, -0.1) is 0 Å². The van der Waals surface area contributed by atoms with Gasteiger partial charge in [0.25, 0.3) is 0 Å². The van der Waals surface area contributed by atoms with Gasteiger partial charge in [0, 0.05) is 38.4 Å².